The fourth-order valence-corrected chi connectivity index (χ4v) is 2.85. The van der Waals surface area contributed by atoms with E-state index in [0.29, 0.717) is 13.0 Å². The lowest BCUT2D eigenvalue weighted by molar-refractivity contribution is -0.117. The standard InChI is InChI=1S/C20H25NO/c1-5-19(22)13-21(18-9-7-6-8-10-18)14-20-16(3)11-15(2)12-17(20)4/h6-12H,5,13-14H2,1-4H3. The van der Waals surface area contributed by atoms with Gasteiger partial charge in [0.1, 0.15) is 0 Å². The van der Waals surface area contributed by atoms with E-state index in [1.54, 1.807) is 0 Å². The first kappa shape index (κ1) is 16.3. The Bertz CT molecular complexity index is 623. The van der Waals surface area contributed by atoms with Gasteiger partial charge in [-0.1, -0.05) is 42.8 Å². The topological polar surface area (TPSA) is 20.3 Å². The Labute approximate surface area is 133 Å². The minimum Gasteiger partial charge on any atom is -0.360 e. The first-order valence-electron chi connectivity index (χ1n) is 7.89. The first-order valence-corrected chi connectivity index (χ1v) is 7.89. The molecular formula is C20H25NO. The molecule has 0 spiro atoms. The van der Waals surface area contributed by atoms with Crippen molar-refractivity contribution in [3.8, 4) is 0 Å². The van der Waals surface area contributed by atoms with E-state index < -0.39 is 0 Å². The van der Waals surface area contributed by atoms with Gasteiger partial charge in [-0.05, 0) is 49.6 Å². The molecule has 0 aliphatic rings. The van der Waals surface area contributed by atoms with Crippen LogP contribution < -0.4 is 4.90 Å². The average Bonchev–Trinajstić information content (AvgIpc) is 2.50. The summed E-state index contributed by atoms with van der Waals surface area (Å²) in [5.41, 5.74) is 6.29. The van der Waals surface area contributed by atoms with Gasteiger partial charge in [-0.15, -0.1) is 0 Å². The fraction of sp³-hybridized carbons (Fsp3) is 0.350. The highest BCUT2D eigenvalue weighted by molar-refractivity contribution is 5.83. The van der Waals surface area contributed by atoms with Crippen LogP contribution in [0.4, 0.5) is 5.69 Å². The molecule has 2 aromatic carbocycles. The van der Waals surface area contributed by atoms with Crippen molar-refractivity contribution in [3.63, 3.8) is 0 Å². The van der Waals surface area contributed by atoms with Crippen LogP contribution >= 0.6 is 0 Å². The molecule has 0 bridgehead atoms. The van der Waals surface area contributed by atoms with Crippen molar-refractivity contribution in [3.05, 3.63) is 64.7 Å². The Balaban J connectivity index is 2.33. The minimum atomic E-state index is 0.270. The molecule has 0 aliphatic heterocycles. The van der Waals surface area contributed by atoms with Crippen molar-refractivity contribution in [1.29, 1.82) is 0 Å². The molecule has 0 radical (unpaired) electrons. The lowest BCUT2D eigenvalue weighted by atomic mass is 9.99. The van der Waals surface area contributed by atoms with E-state index in [-0.39, 0.29) is 5.78 Å². The maximum atomic E-state index is 12.0. The van der Waals surface area contributed by atoms with E-state index in [0.717, 1.165) is 12.2 Å². The lowest BCUT2D eigenvalue weighted by Crippen LogP contribution is -2.29. The number of aryl methyl sites for hydroxylation is 3. The molecule has 2 heteroatoms. The van der Waals surface area contributed by atoms with Gasteiger partial charge in [0, 0.05) is 18.7 Å². The summed E-state index contributed by atoms with van der Waals surface area (Å²) in [6.07, 6.45) is 0.579. The molecule has 2 aromatic rings. The number of anilines is 1. The van der Waals surface area contributed by atoms with Crippen LogP contribution in [0, 0.1) is 20.8 Å². The third-order valence-corrected chi connectivity index (χ3v) is 4.07. The molecule has 0 N–H and O–H groups in total. The van der Waals surface area contributed by atoms with Gasteiger partial charge in [0.15, 0.2) is 5.78 Å². The van der Waals surface area contributed by atoms with Crippen molar-refractivity contribution in [2.75, 3.05) is 11.4 Å². The second-order valence-electron chi connectivity index (χ2n) is 5.96. The lowest BCUT2D eigenvalue weighted by Gasteiger charge is -2.26. The summed E-state index contributed by atoms with van der Waals surface area (Å²) in [7, 11) is 0. The van der Waals surface area contributed by atoms with Gasteiger partial charge >= 0.3 is 0 Å². The maximum Gasteiger partial charge on any atom is 0.151 e. The summed E-state index contributed by atoms with van der Waals surface area (Å²) in [6, 6.07) is 14.6. The number of Topliss-reactive ketones (excluding diaryl/α,β-unsaturated/α-hetero) is 1. The van der Waals surface area contributed by atoms with E-state index in [4.69, 9.17) is 0 Å². The number of hydrogen-bond acceptors (Lipinski definition) is 2. The summed E-state index contributed by atoms with van der Waals surface area (Å²) in [6.45, 7) is 9.59. The predicted molar refractivity (Wildman–Crippen MR) is 93.4 cm³/mol. The zero-order valence-electron chi connectivity index (χ0n) is 14.0. The number of carbonyl (C=O) groups excluding carboxylic acids is 1. The number of benzene rings is 2. The minimum absolute atomic E-state index is 0.270. The molecule has 0 unspecified atom stereocenters. The van der Waals surface area contributed by atoms with E-state index in [1.807, 2.05) is 25.1 Å². The molecule has 2 rings (SSSR count). The molecule has 0 atom stereocenters. The van der Waals surface area contributed by atoms with Crippen LogP contribution in [0.1, 0.15) is 35.6 Å². The largest absolute Gasteiger partial charge is 0.360 e. The van der Waals surface area contributed by atoms with Crippen LogP contribution in [0.25, 0.3) is 0 Å². The van der Waals surface area contributed by atoms with Gasteiger partial charge in [0.2, 0.25) is 0 Å². The molecule has 0 aromatic heterocycles. The Hall–Kier alpha value is -2.09. The van der Waals surface area contributed by atoms with Crippen LogP contribution in [-0.4, -0.2) is 12.3 Å². The number of para-hydroxylation sites is 1. The van der Waals surface area contributed by atoms with Crippen molar-refractivity contribution >= 4 is 11.5 Å². The van der Waals surface area contributed by atoms with E-state index in [2.05, 4.69) is 49.9 Å². The summed E-state index contributed by atoms with van der Waals surface area (Å²) >= 11 is 0. The Morgan fingerprint density at radius 2 is 1.59 bits per heavy atom. The zero-order chi connectivity index (χ0) is 16.1. The van der Waals surface area contributed by atoms with Crippen molar-refractivity contribution < 1.29 is 4.79 Å². The monoisotopic (exact) mass is 295 g/mol. The Morgan fingerprint density at radius 1 is 1.00 bits per heavy atom. The zero-order valence-corrected chi connectivity index (χ0v) is 14.0. The molecule has 0 heterocycles. The van der Waals surface area contributed by atoms with Crippen LogP contribution in [0.3, 0.4) is 0 Å². The van der Waals surface area contributed by atoms with E-state index >= 15 is 0 Å². The van der Waals surface area contributed by atoms with Crippen molar-refractivity contribution in [2.24, 2.45) is 0 Å². The normalized spacial score (nSPS) is 10.5. The highest BCUT2D eigenvalue weighted by Gasteiger charge is 2.14. The summed E-state index contributed by atoms with van der Waals surface area (Å²) in [5, 5.41) is 0. The molecule has 0 amide bonds. The van der Waals surface area contributed by atoms with Gasteiger partial charge in [0.05, 0.1) is 6.54 Å². The highest BCUT2D eigenvalue weighted by Crippen LogP contribution is 2.22. The van der Waals surface area contributed by atoms with Gasteiger partial charge < -0.3 is 4.90 Å². The van der Waals surface area contributed by atoms with Gasteiger partial charge in [-0.25, -0.2) is 0 Å². The van der Waals surface area contributed by atoms with Crippen molar-refractivity contribution in [2.45, 2.75) is 40.7 Å². The molecule has 2 nitrogen and oxygen atoms in total. The molecule has 0 saturated heterocycles. The Kier molecular flexibility index (Phi) is 5.37. The number of carbonyl (C=O) groups is 1. The molecule has 0 saturated carbocycles. The predicted octanol–water partition coefficient (Wildman–Crippen LogP) is 4.60. The summed E-state index contributed by atoms with van der Waals surface area (Å²) in [5.74, 6) is 0.270. The Morgan fingerprint density at radius 3 is 2.14 bits per heavy atom. The second-order valence-corrected chi connectivity index (χ2v) is 5.96. The number of rotatable bonds is 6. The van der Waals surface area contributed by atoms with Crippen LogP contribution in [0.5, 0.6) is 0 Å². The third-order valence-electron chi connectivity index (χ3n) is 4.07. The second kappa shape index (κ2) is 7.26. The van der Waals surface area contributed by atoms with E-state index in [1.165, 1.54) is 22.3 Å². The number of hydrogen-bond donors (Lipinski definition) is 0. The molecule has 22 heavy (non-hydrogen) atoms. The van der Waals surface area contributed by atoms with Gasteiger partial charge in [-0.2, -0.15) is 0 Å². The number of ketones is 1. The van der Waals surface area contributed by atoms with Crippen LogP contribution in [0.2, 0.25) is 0 Å². The molecule has 0 aliphatic carbocycles. The fourth-order valence-electron chi connectivity index (χ4n) is 2.85. The molecule has 116 valence electrons. The summed E-state index contributed by atoms with van der Waals surface area (Å²) in [4.78, 5) is 14.1. The van der Waals surface area contributed by atoms with Gasteiger partial charge in [-0.3, -0.25) is 4.79 Å². The third kappa shape index (κ3) is 3.97. The quantitative estimate of drug-likeness (QED) is 0.776. The SMILES string of the molecule is CCC(=O)CN(Cc1c(C)cc(C)cc1C)c1ccccc1. The van der Waals surface area contributed by atoms with E-state index in [9.17, 15) is 4.79 Å². The van der Waals surface area contributed by atoms with Crippen LogP contribution in [-0.2, 0) is 11.3 Å². The smallest absolute Gasteiger partial charge is 0.151 e. The highest BCUT2D eigenvalue weighted by atomic mass is 16.1. The van der Waals surface area contributed by atoms with Crippen LogP contribution in [0.15, 0.2) is 42.5 Å². The molecular weight excluding hydrogens is 270 g/mol. The van der Waals surface area contributed by atoms with Gasteiger partial charge in [0.25, 0.3) is 0 Å². The maximum absolute atomic E-state index is 12.0. The summed E-state index contributed by atoms with van der Waals surface area (Å²) < 4.78 is 0. The number of nitrogens with zero attached hydrogens (tertiary/aromatic N) is 1. The average molecular weight is 295 g/mol. The molecule has 0 fully saturated rings. The van der Waals surface area contributed by atoms with Crippen molar-refractivity contribution in [1.82, 2.24) is 0 Å². The first-order chi connectivity index (χ1) is 10.5.